The summed E-state index contributed by atoms with van der Waals surface area (Å²) < 4.78 is 5.29. The van der Waals surface area contributed by atoms with Crippen molar-refractivity contribution in [3.8, 4) is 0 Å². The van der Waals surface area contributed by atoms with Crippen molar-refractivity contribution in [3.05, 3.63) is 95.6 Å². The highest BCUT2D eigenvalue weighted by Gasteiger charge is 2.27. The van der Waals surface area contributed by atoms with Crippen LogP contribution in [-0.4, -0.2) is 30.1 Å². The van der Waals surface area contributed by atoms with Crippen molar-refractivity contribution < 1.29 is 14.3 Å². The van der Waals surface area contributed by atoms with E-state index in [0.29, 0.717) is 18.8 Å². The number of urea groups is 1. The first-order valence-corrected chi connectivity index (χ1v) is 10.8. The van der Waals surface area contributed by atoms with Crippen molar-refractivity contribution in [3.63, 3.8) is 0 Å². The van der Waals surface area contributed by atoms with Crippen LogP contribution in [0.3, 0.4) is 0 Å². The Hall–Kier alpha value is -3.80. The van der Waals surface area contributed by atoms with E-state index < -0.39 is 6.09 Å². The van der Waals surface area contributed by atoms with Crippen LogP contribution in [0.1, 0.15) is 23.1 Å². The Morgan fingerprint density at radius 3 is 2.50 bits per heavy atom. The number of anilines is 2. The van der Waals surface area contributed by atoms with Crippen LogP contribution in [0, 0.1) is 6.92 Å². The highest BCUT2D eigenvalue weighted by Crippen LogP contribution is 2.24. The minimum atomic E-state index is -0.531. The molecule has 164 valence electrons. The van der Waals surface area contributed by atoms with E-state index in [9.17, 15) is 9.59 Å². The van der Waals surface area contributed by atoms with Gasteiger partial charge >= 0.3 is 12.1 Å². The fourth-order valence-electron chi connectivity index (χ4n) is 3.71. The van der Waals surface area contributed by atoms with Gasteiger partial charge in [0.1, 0.15) is 6.61 Å². The predicted octanol–water partition coefficient (Wildman–Crippen LogP) is 5.58. The molecule has 1 aliphatic heterocycles. The Balaban J connectivity index is 1.38. The maximum Gasteiger partial charge on any atom is 0.411 e. The molecule has 32 heavy (non-hydrogen) atoms. The van der Waals surface area contributed by atoms with Gasteiger partial charge in [0.05, 0.1) is 0 Å². The largest absolute Gasteiger partial charge is 0.444 e. The summed E-state index contributed by atoms with van der Waals surface area (Å²) in [7, 11) is 0. The van der Waals surface area contributed by atoms with Crippen molar-refractivity contribution in [2.45, 2.75) is 26.5 Å². The molecular formula is C26H27N3O3. The second kappa shape index (κ2) is 10.0. The number of nitrogens with one attached hydrogen (secondary N) is 1. The Kier molecular flexibility index (Phi) is 6.70. The van der Waals surface area contributed by atoms with E-state index in [1.54, 1.807) is 17.0 Å². The minimum Gasteiger partial charge on any atom is -0.444 e. The first-order valence-electron chi connectivity index (χ1n) is 10.8. The van der Waals surface area contributed by atoms with E-state index in [0.717, 1.165) is 29.8 Å². The highest BCUT2D eigenvalue weighted by atomic mass is 16.5. The molecule has 1 fully saturated rings. The number of carbonyl (C=O) groups excluding carboxylic acids is 2. The van der Waals surface area contributed by atoms with Gasteiger partial charge in [-0.15, -0.1) is 0 Å². The molecule has 6 nitrogen and oxygen atoms in total. The Labute approximate surface area is 188 Å². The number of rotatable bonds is 6. The highest BCUT2D eigenvalue weighted by molar-refractivity contribution is 5.94. The van der Waals surface area contributed by atoms with Crippen LogP contribution in [0.15, 0.2) is 78.9 Å². The van der Waals surface area contributed by atoms with Gasteiger partial charge in [0, 0.05) is 31.0 Å². The van der Waals surface area contributed by atoms with E-state index in [4.69, 9.17) is 4.74 Å². The first-order chi connectivity index (χ1) is 15.6. The van der Waals surface area contributed by atoms with Crippen molar-refractivity contribution in [2.24, 2.45) is 0 Å². The predicted molar refractivity (Wildman–Crippen MR) is 126 cm³/mol. The lowest BCUT2D eigenvalue weighted by Gasteiger charge is -2.36. The number of aryl methyl sites for hydroxylation is 1. The second-order valence-electron chi connectivity index (χ2n) is 7.93. The number of hydrogen-bond donors (Lipinski definition) is 1. The zero-order valence-electron chi connectivity index (χ0n) is 18.2. The molecule has 3 aromatic carbocycles. The van der Waals surface area contributed by atoms with Gasteiger partial charge in [-0.25, -0.2) is 9.59 Å². The second-order valence-corrected chi connectivity index (χ2v) is 7.93. The maximum atomic E-state index is 13.1. The number of benzene rings is 3. The normalized spacial score (nSPS) is 13.7. The van der Waals surface area contributed by atoms with Gasteiger partial charge in [-0.2, -0.15) is 0 Å². The zero-order valence-corrected chi connectivity index (χ0v) is 18.2. The lowest BCUT2D eigenvalue weighted by atomic mass is 10.1. The quantitative estimate of drug-likeness (QED) is 0.557. The molecule has 1 saturated heterocycles. The average molecular weight is 430 g/mol. The van der Waals surface area contributed by atoms with Crippen LogP contribution in [0.2, 0.25) is 0 Å². The molecule has 0 unspecified atom stereocenters. The molecule has 0 spiro atoms. The molecule has 0 bridgehead atoms. The molecule has 3 aromatic rings. The molecule has 0 atom stereocenters. The van der Waals surface area contributed by atoms with E-state index in [1.807, 2.05) is 47.4 Å². The van der Waals surface area contributed by atoms with Crippen LogP contribution in [-0.2, 0) is 17.9 Å². The number of hydrogen-bond acceptors (Lipinski definition) is 3. The fourth-order valence-corrected chi connectivity index (χ4v) is 3.71. The Morgan fingerprint density at radius 2 is 1.72 bits per heavy atom. The van der Waals surface area contributed by atoms with Gasteiger partial charge in [0.25, 0.3) is 0 Å². The smallest absolute Gasteiger partial charge is 0.411 e. The summed E-state index contributed by atoms with van der Waals surface area (Å²) in [6.07, 6.45) is 0.353. The van der Waals surface area contributed by atoms with Crippen molar-refractivity contribution >= 4 is 23.5 Å². The fraction of sp³-hybridized carbons (Fsp3) is 0.231. The summed E-state index contributed by atoms with van der Waals surface area (Å²) >= 11 is 0. The molecule has 1 N–H and O–H groups in total. The monoisotopic (exact) mass is 429 g/mol. The van der Waals surface area contributed by atoms with Gasteiger partial charge in [0.2, 0.25) is 0 Å². The van der Waals surface area contributed by atoms with Crippen LogP contribution < -0.4 is 10.2 Å². The van der Waals surface area contributed by atoms with Gasteiger partial charge in [-0.3, -0.25) is 10.2 Å². The number of amides is 3. The third-order valence-corrected chi connectivity index (χ3v) is 5.42. The van der Waals surface area contributed by atoms with E-state index in [1.165, 1.54) is 5.56 Å². The molecule has 0 aromatic heterocycles. The first kappa shape index (κ1) is 21.4. The van der Waals surface area contributed by atoms with Gasteiger partial charge < -0.3 is 9.64 Å². The third-order valence-electron chi connectivity index (χ3n) is 5.42. The van der Waals surface area contributed by atoms with E-state index in [2.05, 4.69) is 36.5 Å². The number of carbonyl (C=O) groups is 2. The van der Waals surface area contributed by atoms with Crippen molar-refractivity contribution in [2.75, 3.05) is 23.3 Å². The lowest BCUT2D eigenvalue weighted by molar-refractivity contribution is 0.155. The van der Waals surface area contributed by atoms with Crippen LogP contribution in [0.4, 0.5) is 21.0 Å². The van der Waals surface area contributed by atoms with Crippen LogP contribution >= 0.6 is 0 Å². The summed E-state index contributed by atoms with van der Waals surface area (Å²) in [6.45, 7) is 4.21. The third kappa shape index (κ3) is 5.46. The molecule has 4 rings (SSSR count). The molecule has 1 heterocycles. The Morgan fingerprint density at radius 1 is 0.938 bits per heavy atom. The SMILES string of the molecule is Cc1ccc(CN2CCCN(c3cccc(NC(=O)OCc4ccccc4)c3)C2=O)cc1. The molecule has 0 saturated carbocycles. The van der Waals surface area contributed by atoms with E-state index in [-0.39, 0.29) is 12.6 Å². The standard InChI is InChI=1S/C26H27N3O3/c1-20-11-13-21(14-12-20)18-28-15-6-16-29(26(28)31)24-10-5-9-23(17-24)27-25(30)32-19-22-7-3-2-4-8-22/h2-5,7-14,17H,6,15-16,18-19H2,1H3,(H,27,30). The summed E-state index contributed by atoms with van der Waals surface area (Å²) in [5, 5.41) is 2.75. The molecule has 0 aliphatic carbocycles. The summed E-state index contributed by atoms with van der Waals surface area (Å²) in [5.41, 5.74) is 4.58. The summed E-state index contributed by atoms with van der Waals surface area (Å²) in [6, 6.07) is 25.0. The summed E-state index contributed by atoms with van der Waals surface area (Å²) in [5.74, 6) is 0. The summed E-state index contributed by atoms with van der Waals surface area (Å²) in [4.78, 5) is 29.0. The van der Waals surface area contributed by atoms with E-state index >= 15 is 0 Å². The van der Waals surface area contributed by atoms with Gasteiger partial charge in [-0.05, 0) is 42.7 Å². The van der Waals surface area contributed by atoms with Crippen molar-refractivity contribution in [1.29, 1.82) is 0 Å². The van der Waals surface area contributed by atoms with Gasteiger partial charge in [0.15, 0.2) is 0 Å². The number of ether oxygens (including phenoxy) is 1. The van der Waals surface area contributed by atoms with Crippen molar-refractivity contribution in [1.82, 2.24) is 4.90 Å². The van der Waals surface area contributed by atoms with Gasteiger partial charge in [-0.1, -0.05) is 66.2 Å². The number of nitrogens with zero attached hydrogens (tertiary/aromatic N) is 2. The lowest BCUT2D eigenvalue weighted by Crippen LogP contribution is -2.49. The zero-order chi connectivity index (χ0) is 22.3. The average Bonchev–Trinajstić information content (AvgIpc) is 2.81. The maximum absolute atomic E-state index is 13.1. The van der Waals surface area contributed by atoms with Crippen LogP contribution in [0.5, 0.6) is 0 Å². The minimum absolute atomic E-state index is 0.0272. The molecule has 6 heteroatoms. The van der Waals surface area contributed by atoms with Crippen LogP contribution in [0.25, 0.3) is 0 Å². The topological polar surface area (TPSA) is 61.9 Å². The molecule has 0 radical (unpaired) electrons. The molecule has 1 aliphatic rings. The molecule has 3 amide bonds. The molecular weight excluding hydrogens is 402 g/mol. The Bertz CT molecular complexity index is 1070.